The zero-order valence-corrected chi connectivity index (χ0v) is 5.50. The lowest BCUT2D eigenvalue weighted by Gasteiger charge is -1.91. The van der Waals surface area contributed by atoms with E-state index < -0.39 is 5.97 Å². The third-order valence-electron chi connectivity index (χ3n) is 0.851. The van der Waals surface area contributed by atoms with E-state index in [1.807, 2.05) is 0 Å². The molecule has 3 N–H and O–H groups in total. The van der Waals surface area contributed by atoms with Crippen LogP contribution in [0.15, 0.2) is 36.6 Å². The average Bonchev–Trinajstić information content (AvgIpc) is 1.87. The van der Waals surface area contributed by atoms with Crippen molar-refractivity contribution in [3.63, 3.8) is 0 Å². The van der Waals surface area contributed by atoms with Gasteiger partial charge >= 0.3 is 5.97 Å². The number of hydrogen-bond acceptors (Lipinski definition) is 2. The first-order valence-corrected chi connectivity index (χ1v) is 2.59. The van der Waals surface area contributed by atoms with Gasteiger partial charge in [0, 0.05) is 5.70 Å². The Hall–Kier alpha value is -1.51. The number of aliphatic carboxylic acids is 1. The van der Waals surface area contributed by atoms with Crippen LogP contribution in [0, 0.1) is 0 Å². The Bertz CT molecular complexity index is 204. The van der Waals surface area contributed by atoms with Crippen LogP contribution in [0.2, 0.25) is 0 Å². The molecule has 0 saturated carbocycles. The van der Waals surface area contributed by atoms with E-state index in [0.717, 1.165) is 0 Å². The number of hydrogen-bond donors (Lipinski definition) is 2. The van der Waals surface area contributed by atoms with Gasteiger partial charge < -0.3 is 10.8 Å². The molecule has 0 radical (unpaired) electrons. The summed E-state index contributed by atoms with van der Waals surface area (Å²) in [7, 11) is 0. The Morgan fingerprint density at radius 3 is 2.40 bits per heavy atom. The fourth-order valence-corrected chi connectivity index (χ4v) is 0.322. The van der Waals surface area contributed by atoms with Crippen molar-refractivity contribution in [1.82, 2.24) is 0 Å². The third-order valence-corrected chi connectivity index (χ3v) is 0.851. The van der Waals surface area contributed by atoms with Crippen LogP contribution in [0.3, 0.4) is 0 Å². The normalized spacial score (nSPS) is 10.6. The van der Waals surface area contributed by atoms with Crippen molar-refractivity contribution in [3.05, 3.63) is 36.6 Å². The highest BCUT2D eigenvalue weighted by Crippen LogP contribution is 1.95. The molecule has 0 aromatic carbocycles. The van der Waals surface area contributed by atoms with E-state index in [9.17, 15) is 4.79 Å². The molecule has 0 aromatic heterocycles. The summed E-state index contributed by atoms with van der Waals surface area (Å²) in [5.41, 5.74) is 5.48. The number of nitrogens with two attached hydrogens (primary N) is 1. The Balaban J connectivity index is 4.27. The van der Waals surface area contributed by atoms with Gasteiger partial charge in [0.05, 0.1) is 5.57 Å². The van der Waals surface area contributed by atoms with Crippen LogP contribution < -0.4 is 5.73 Å². The third kappa shape index (κ3) is 2.71. The number of allylic oxidation sites excluding steroid dienone is 1. The molecular weight excluding hydrogens is 130 g/mol. The summed E-state index contributed by atoms with van der Waals surface area (Å²) in [5, 5.41) is 8.29. The van der Waals surface area contributed by atoms with Crippen LogP contribution in [0.1, 0.15) is 0 Å². The molecule has 0 heterocycles. The molecule has 0 aromatic rings. The first-order chi connectivity index (χ1) is 4.57. The Morgan fingerprint density at radius 1 is 1.60 bits per heavy atom. The standard InChI is InChI=1S/C7H9NO2/c1-3-6(8)4-5(2)7(9)10/h3-4H,1-2,8H2,(H,9,10)/b6-4+. The Labute approximate surface area is 59.2 Å². The highest BCUT2D eigenvalue weighted by Gasteiger charge is 1.98. The number of carboxylic acids is 1. The first kappa shape index (κ1) is 8.49. The predicted octanol–water partition coefficient (Wildman–Crippen LogP) is 0.656. The van der Waals surface area contributed by atoms with Crippen molar-refractivity contribution in [2.75, 3.05) is 0 Å². The molecule has 0 bridgehead atoms. The maximum absolute atomic E-state index is 10.1. The molecule has 3 nitrogen and oxygen atoms in total. The fourth-order valence-electron chi connectivity index (χ4n) is 0.322. The molecule has 0 atom stereocenters. The second-order valence-corrected chi connectivity index (χ2v) is 1.68. The van der Waals surface area contributed by atoms with E-state index in [1.165, 1.54) is 12.2 Å². The van der Waals surface area contributed by atoms with E-state index in [4.69, 9.17) is 10.8 Å². The molecule has 3 heteroatoms. The molecule has 54 valence electrons. The molecule has 0 aliphatic rings. The van der Waals surface area contributed by atoms with Gasteiger partial charge in [0.25, 0.3) is 0 Å². The van der Waals surface area contributed by atoms with Crippen LogP contribution >= 0.6 is 0 Å². The van der Waals surface area contributed by atoms with Gasteiger partial charge in [0.15, 0.2) is 0 Å². The van der Waals surface area contributed by atoms with E-state index in [-0.39, 0.29) is 5.57 Å². The SMILES string of the molecule is C=C/C(N)=C\C(=C)C(=O)O. The molecule has 10 heavy (non-hydrogen) atoms. The minimum Gasteiger partial charge on any atom is -0.478 e. The van der Waals surface area contributed by atoms with Gasteiger partial charge in [-0.25, -0.2) is 4.79 Å². The largest absolute Gasteiger partial charge is 0.478 e. The molecule has 0 rings (SSSR count). The van der Waals surface area contributed by atoms with E-state index in [2.05, 4.69) is 13.2 Å². The van der Waals surface area contributed by atoms with Gasteiger partial charge in [-0.1, -0.05) is 13.2 Å². The van der Waals surface area contributed by atoms with Crippen LogP contribution in [0.25, 0.3) is 0 Å². The van der Waals surface area contributed by atoms with Crippen LogP contribution in [-0.4, -0.2) is 11.1 Å². The van der Waals surface area contributed by atoms with E-state index in [1.54, 1.807) is 0 Å². The summed E-state index contributed by atoms with van der Waals surface area (Å²) in [6.45, 7) is 6.58. The summed E-state index contributed by atoms with van der Waals surface area (Å²) in [6, 6.07) is 0. The summed E-state index contributed by atoms with van der Waals surface area (Å²) in [6.07, 6.45) is 2.60. The van der Waals surface area contributed by atoms with Crippen molar-refractivity contribution < 1.29 is 9.90 Å². The second kappa shape index (κ2) is 3.50. The molecule has 0 unspecified atom stereocenters. The quantitative estimate of drug-likeness (QED) is 0.446. The highest BCUT2D eigenvalue weighted by molar-refractivity contribution is 5.89. The fraction of sp³-hybridized carbons (Fsp3) is 0. The zero-order chi connectivity index (χ0) is 8.15. The van der Waals surface area contributed by atoms with Crippen molar-refractivity contribution in [2.24, 2.45) is 5.73 Å². The van der Waals surface area contributed by atoms with E-state index in [0.29, 0.717) is 5.70 Å². The topological polar surface area (TPSA) is 63.3 Å². The van der Waals surface area contributed by atoms with E-state index >= 15 is 0 Å². The van der Waals surface area contributed by atoms with Crippen LogP contribution in [0.5, 0.6) is 0 Å². The van der Waals surface area contributed by atoms with Crippen molar-refractivity contribution in [3.8, 4) is 0 Å². The average molecular weight is 139 g/mol. The Morgan fingerprint density at radius 2 is 2.10 bits per heavy atom. The predicted molar refractivity (Wildman–Crippen MR) is 39.2 cm³/mol. The van der Waals surface area contributed by atoms with Gasteiger partial charge in [0.1, 0.15) is 0 Å². The Kier molecular flexibility index (Phi) is 2.97. The molecule has 0 spiro atoms. The number of carbonyl (C=O) groups is 1. The summed E-state index contributed by atoms with van der Waals surface area (Å²) >= 11 is 0. The summed E-state index contributed by atoms with van der Waals surface area (Å²) in [5.74, 6) is -1.08. The van der Waals surface area contributed by atoms with Crippen LogP contribution in [0.4, 0.5) is 0 Å². The monoisotopic (exact) mass is 139 g/mol. The maximum atomic E-state index is 10.1. The van der Waals surface area contributed by atoms with Gasteiger partial charge in [-0.3, -0.25) is 0 Å². The smallest absolute Gasteiger partial charge is 0.335 e. The lowest BCUT2D eigenvalue weighted by molar-refractivity contribution is -0.132. The van der Waals surface area contributed by atoms with Crippen molar-refractivity contribution in [1.29, 1.82) is 0 Å². The number of rotatable bonds is 3. The van der Waals surface area contributed by atoms with Gasteiger partial charge in [-0.05, 0) is 12.2 Å². The van der Waals surface area contributed by atoms with Crippen molar-refractivity contribution >= 4 is 5.97 Å². The van der Waals surface area contributed by atoms with Gasteiger partial charge in [-0.2, -0.15) is 0 Å². The lowest BCUT2D eigenvalue weighted by atomic mass is 10.2. The molecule has 0 aliphatic heterocycles. The molecule has 0 fully saturated rings. The molecule has 0 amide bonds. The molecular formula is C7H9NO2. The van der Waals surface area contributed by atoms with Gasteiger partial charge in [0.2, 0.25) is 0 Å². The molecule has 0 saturated heterocycles. The summed E-state index contributed by atoms with van der Waals surface area (Å²) < 4.78 is 0. The van der Waals surface area contributed by atoms with Crippen molar-refractivity contribution in [2.45, 2.75) is 0 Å². The van der Waals surface area contributed by atoms with Gasteiger partial charge in [-0.15, -0.1) is 0 Å². The minimum absolute atomic E-state index is 0.0441. The zero-order valence-electron chi connectivity index (χ0n) is 5.50. The molecule has 0 aliphatic carbocycles. The first-order valence-electron chi connectivity index (χ1n) is 2.59. The maximum Gasteiger partial charge on any atom is 0.335 e. The second-order valence-electron chi connectivity index (χ2n) is 1.68. The number of carboxylic acid groups (broad SMARTS) is 1. The summed E-state index contributed by atoms with van der Waals surface area (Å²) in [4.78, 5) is 10.1. The highest BCUT2D eigenvalue weighted by atomic mass is 16.4. The lowest BCUT2D eigenvalue weighted by Crippen LogP contribution is -1.99. The van der Waals surface area contributed by atoms with Crippen LogP contribution in [-0.2, 0) is 4.79 Å². The minimum atomic E-state index is -1.08.